The summed E-state index contributed by atoms with van der Waals surface area (Å²) >= 11 is 0. The average molecular weight is 348 g/mol. The molecule has 1 atom stereocenters. The maximum Gasteiger partial charge on any atom is 0.339 e. The predicted molar refractivity (Wildman–Crippen MR) is 99.6 cm³/mol. The van der Waals surface area contributed by atoms with Crippen molar-refractivity contribution in [2.45, 2.75) is 26.5 Å². The standard InChI is InChI=1S/C21H20N2O3/c1-14-12-18(17-10-6-7-11-19(17)23-14)21(25)26-15(2)20(24)22-13-16-8-4-3-5-9-16/h3-12,15H,13H2,1-2H3,(H,22,24)/t15-/m1/s1. The van der Waals surface area contributed by atoms with Crippen molar-refractivity contribution in [3.05, 3.63) is 77.5 Å². The number of pyridine rings is 1. The van der Waals surface area contributed by atoms with Crippen molar-refractivity contribution in [2.75, 3.05) is 0 Å². The number of benzene rings is 2. The van der Waals surface area contributed by atoms with Crippen LogP contribution in [0.3, 0.4) is 0 Å². The summed E-state index contributed by atoms with van der Waals surface area (Å²) in [5.41, 5.74) is 2.84. The van der Waals surface area contributed by atoms with Gasteiger partial charge in [0.15, 0.2) is 6.10 Å². The summed E-state index contributed by atoms with van der Waals surface area (Å²) in [5.74, 6) is -0.869. The number of amides is 1. The zero-order valence-corrected chi connectivity index (χ0v) is 14.7. The lowest BCUT2D eigenvalue weighted by Crippen LogP contribution is -2.35. The lowest BCUT2D eigenvalue weighted by atomic mass is 10.1. The Kier molecular flexibility index (Phi) is 5.27. The van der Waals surface area contributed by atoms with Crippen LogP contribution in [0.15, 0.2) is 60.7 Å². The molecule has 1 heterocycles. The minimum atomic E-state index is -0.890. The van der Waals surface area contributed by atoms with E-state index in [-0.39, 0.29) is 5.91 Å². The van der Waals surface area contributed by atoms with Gasteiger partial charge in [0.25, 0.3) is 5.91 Å². The summed E-state index contributed by atoms with van der Waals surface area (Å²) in [4.78, 5) is 29.2. The topological polar surface area (TPSA) is 68.3 Å². The lowest BCUT2D eigenvalue weighted by molar-refractivity contribution is -0.129. The second kappa shape index (κ2) is 7.78. The second-order valence-corrected chi connectivity index (χ2v) is 6.08. The summed E-state index contributed by atoms with van der Waals surface area (Å²) in [6.07, 6.45) is -0.890. The van der Waals surface area contributed by atoms with E-state index >= 15 is 0 Å². The van der Waals surface area contributed by atoms with Crippen LogP contribution >= 0.6 is 0 Å². The molecule has 1 N–H and O–H groups in total. The van der Waals surface area contributed by atoms with Crippen molar-refractivity contribution in [3.63, 3.8) is 0 Å². The Bertz CT molecular complexity index is 938. The molecule has 0 aliphatic carbocycles. The molecule has 0 saturated carbocycles. The number of fused-ring (bicyclic) bond motifs is 1. The first kappa shape index (κ1) is 17.6. The third-order valence-corrected chi connectivity index (χ3v) is 4.03. The van der Waals surface area contributed by atoms with E-state index in [0.717, 1.165) is 16.8 Å². The molecule has 2 aromatic carbocycles. The van der Waals surface area contributed by atoms with Crippen LogP contribution in [-0.4, -0.2) is 23.0 Å². The molecule has 26 heavy (non-hydrogen) atoms. The molecule has 0 spiro atoms. The summed E-state index contributed by atoms with van der Waals surface area (Å²) in [6.45, 7) is 3.77. The molecule has 132 valence electrons. The second-order valence-electron chi connectivity index (χ2n) is 6.08. The number of aryl methyl sites for hydroxylation is 1. The van der Waals surface area contributed by atoms with Crippen molar-refractivity contribution in [3.8, 4) is 0 Å². The van der Waals surface area contributed by atoms with Crippen LogP contribution in [0.2, 0.25) is 0 Å². The summed E-state index contributed by atoms with van der Waals surface area (Å²) in [7, 11) is 0. The van der Waals surface area contributed by atoms with E-state index in [2.05, 4.69) is 10.3 Å². The number of hydrogen-bond donors (Lipinski definition) is 1. The number of nitrogens with one attached hydrogen (secondary N) is 1. The molecule has 5 nitrogen and oxygen atoms in total. The number of carbonyl (C=O) groups excluding carboxylic acids is 2. The van der Waals surface area contributed by atoms with Gasteiger partial charge in [-0.25, -0.2) is 4.79 Å². The van der Waals surface area contributed by atoms with Gasteiger partial charge in [-0.3, -0.25) is 9.78 Å². The molecule has 5 heteroatoms. The summed E-state index contributed by atoms with van der Waals surface area (Å²) in [5, 5.41) is 3.48. The Morgan fingerprint density at radius 2 is 1.77 bits per heavy atom. The number of carbonyl (C=O) groups is 2. The highest BCUT2D eigenvalue weighted by Crippen LogP contribution is 2.19. The third-order valence-electron chi connectivity index (χ3n) is 4.03. The number of hydrogen-bond acceptors (Lipinski definition) is 4. The molecular weight excluding hydrogens is 328 g/mol. The zero-order chi connectivity index (χ0) is 18.5. The van der Waals surface area contributed by atoms with Crippen molar-refractivity contribution in [1.82, 2.24) is 10.3 Å². The van der Waals surface area contributed by atoms with Gasteiger partial charge in [0.2, 0.25) is 0 Å². The molecule has 0 fully saturated rings. The number of aromatic nitrogens is 1. The van der Waals surface area contributed by atoms with Crippen LogP contribution in [0.5, 0.6) is 0 Å². The first-order valence-corrected chi connectivity index (χ1v) is 8.43. The van der Waals surface area contributed by atoms with Gasteiger partial charge in [0.1, 0.15) is 0 Å². The SMILES string of the molecule is Cc1cc(C(=O)O[C@H](C)C(=O)NCc2ccccc2)c2ccccc2n1. The fraction of sp³-hybridized carbons (Fsp3) is 0.190. The van der Waals surface area contributed by atoms with E-state index in [0.29, 0.717) is 17.5 Å². The molecule has 0 unspecified atom stereocenters. The van der Waals surface area contributed by atoms with Gasteiger partial charge in [0, 0.05) is 17.6 Å². The van der Waals surface area contributed by atoms with Crippen LogP contribution in [0.1, 0.15) is 28.5 Å². The van der Waals surface area contributed by atoms with E-state index in [1.807, 2.05) is 61.5 Å². The highest BCUT2D eigenvalue weighted by molar-refractivity contribution is 6.04. The number of para-hydroxylation sites is 1. The molecule has 0 radical (unpaired) electrons. The number of nitrogens with zero attached hydrogens (tertiary/aromatic N) is 1. The monoisotopic (exact) mass is 348 g/mol. The smallest absolute Gasteiger partial charge is 0.339 e. The zero-order valence-electron chi connectivity index (χ0n) is 14.7. The van der Waals surface area contributed by atoms with Crippen LogP contribution in [0.4, 0.5) is 0 Å². The maximum absolute atomic E-state index is 12.6. The highest BCUT2D eigenvalue weighted by Gasteiger charge is 2.20. The predicted octanol–water partition coefficient (Wildman–Crippen LogP) is 3.40. The average Bonchev–Trinajstić information content (AvgIpc) is 2.66. The molecule has 0 bridgehead atoms. The molecule has 0 saturated heterocycles. The molecule has 0 aliphatic rings. The Morgan fingerprint density at radius 3 is 2.54 bits per heavy atom. The van der Waals surface area contributed by atoms with E-state index in [1.54, 1.807) is 13.0 Å². The quantitative estimate of drug-likeness (QED) is 0.718. The van der Waals surface area contributed by atoms with Gasteiger partial charge >= 0.3 is 5.97 Å². The van der Waals surface area contributed by atoms with Crippen LogP contribution < -0.4 is 5.32 Å². The highest BCUT2D eigenvalue weighted by atomic mass is 16.5. The number of ether oxygens (including phenoxy) is 1. The van der Waals surface area contributed by atoms with Crippen LogP contribution in [0, 0.1) is 6.92 Å². The molecule has 1 aromatic heterocycles. The van der Waals surface area contributed by atoms with E-state index < -0.39 is 12.1 Å². The molecule has 0 aliphatic heterocycles. The van der Waals surface area contributed by atoms with Gasteiger partial charge in [-0.15, -0.1) is 0 Å². The van der Waals surface area contributed by atoms with Crippen LogP contribution in [0.25, 0.3) is 10.9 Å². The van der Waals surface area contributed by atoms with Crippen LogP contribution in [-0.2, 0) is 16.1 Å². The van der Waals surface area contributed by atoms with Gasteiger partial charge in [-0.2, -0.15) is 0 Å². The third kappa shape index (κ3) is 4.06. The number of esters is 1. The normalized spacial score (nSPS) is 11.8. The largest absolute Gasteiger partial charge is 0.449 e. The van der Waals surface area contributed by atoms with Gasteiger partial charge in [-0.1, -0.05) is 48.5 Å². The maximum atomic E-state index is 12.6. The van der Waals surface area contributed by atoms with Crippen molar-refractivity contribution >= 4 is 22.8 Å². The Morgan fingerprint density at radius 1 is 1.08 bits per heavy atom. The number of rotatable bonds is 5. The van der Waals surface area contributed by atoms with Crippen molar-refractivity contribution < 1.29 is 14.3 Å². The molecule has 3 rings (SSSR count). The fourth-order valence-electron chi connectivity index (χ4n) is 2.68. The lowest BCUT2D eigenvalue weighted by Gasteiger charge is -2.14. The molecule has 1 amide bonds. The Hall–Kier alpha value is -3.21. The first-order valence-electron chi connectivity index (χ1n) is 8.43. The molecule has 3 aromatic rings. The van der Waals surface area contributed by atoms with E-state index in [1.165, 1.54) is 0 Å². The van der Waals surface area contributed by atoms with Gasteiger partial charge in [-0.05, 0) is 31.5 Å². The van der Waals surface area contributed by atoms with Gasteiger partial charge in [0.05, 0.1) is 11.1 Å². The first-order chi connectivity index (χ1) is 12.5. The summed E-state index contributed by atoms with van der Waals surface area (Å²) < 4.78 is 5.37. The van der Waals surface area contributed by atoms with Gasteiger partial charge < -0.3 is 10.1 Å². The summed E-state index contributed by atoms with van der Waals surface area (Å²) in [6, 6.07) is 18.6. The van der Waals surface area contributed by atoms with E-state index in [9.17, 15) is 9.59 Å². The Balaban J connectivity index is 1.68. The van der Waals surface area contributed by atoms with E-state index in [4.69, 9.17) is 4.74 Å². The minimum Gasteiger partial charge on any atom is -0.449 e. The van der Waals surface area contributed by atoms with Crippen molar-refractivity contribution in [1.29, 1.82) is 0 Å². The Labute approximate surface area is 152 Å². The molecular formula is C21H20N2O3. The fourth-order valence-corrected chi connectivity index (χ4v) is 2.68. The minimum absolute atomic E-state index is 0.336. The van der Waals surface area contributed by atoms with Crippen molar-refractivity contribution in [2.24, 2.45) is 0 Å².